The van der Waals surface area contributed by atoms with Crippen LogP contribution >= 0.6 is 11.3 Å². The van der Waals surface area contributed by atoms with Crippen molar-refractivity contribution in [3.8, 4) is 0 Å². The monoisotopic (exact) mass is 214 g/mol. The van der Waals surface area contributed by atoms with Crippen molar-refractivity contribution in [3.63, 3.8) is 0 Å². The van der Waals surface area contributed by atoms with Crippen molar-refractivity contribution < 1.29 is 9.94 Å². The summed E-state index contributed by atoms with van der Waals surface area (Å²) in [6.07, 6.45) is 1.35. The molecule has 0 radical (unpaired) electrons. The number of nitrogens with two attached hydrogens (primary N) is 1. The van der Waals surface area contributed by atoms with E-state index in [4.69, 9.17) is 15.7 Å². The van der Waals surface area contributed by atoms with E-state index in [1.807, 2.05) is 17.5 Å². The van der Waals surface area contributed by atoms with E-state index < -0.39 is 0 Å². The first kappa shape index (κ1) is 11.0. The number of oxime groups is 1. The number of hydrogen-bond donors (Lipinski definition) is 2. The fraction of sp³-hybridized carbons (Fsp3) is 0.444. The van der Waals surface area contributed by atoms with Crippen LogP contribution in [-0.2, 0) is 11.3 Å². The quantitative estimate of drug-likeness (QED) is 0.249. The molecule has 0 spiro atoms. The van der Waals surface area contributed by atoms with Crippen molar-refractivity contribution in [2.24, 2.45) is 10.9 Å². The number of amidine groups is 1. The highest BCUT2D eigenvalue weighted by atomic mass is 32.1. The highest BCUT2D eigenvalue weighted by Crippen LogP contribution is 2.09. The Kier molecular flexibility index (Phi) is 5.03. The lowest BCUT2D eigenvalue weighted by molar-refractivity contribution is 0.121. The third-order valence-electron chi connectivity index (χ3n) is 1.67. The van der Waals surface area contributed by atoms with Crippen LogP contribution in [0.2, 0.25) is 0 Å². The van der Waals surface area contributed by atoms with E-state index in [-0.39, 0.29) is 5.84 Å². The first-order valence-corrected chi connectivity index (χ1v) is 5.27. The Morgan fingerprint density at radius 1 is 1.64 bits per heavy atom. The molecule has 1 aromatic rings. The van der Waals surface area contributed by atoms with E-state index in [9.17, 15) is 0 Å². The lowest BCUT2D eigenvalue weighted by atomic mass is 10.3. The van der Waals surface area contributed by atoms with Gasteiger partial charge in [0, 0.05) is 17.9 Å². The van der Waals surface area contributed by atoms with Gasteiger partial charge in [-0.15, -0.1) is 11.3 Å². The summed E-state index contributed by atoms with van der Waals surface area (Å²) in [5.41, 5.74) is 5.30. The van der Waals surface area contributed by atoms with Crippen LogP contribution in [0.25, 0.3) is 0 Å². The normalized spacial score (nSPS) is 11.9. The molecule has 1 aromatic heterocycles. The van der Waals surface area contributed by atoms with Gasteiger partial charge < -0.3 is 15.7 Å². The van der Waals surface area contributed by atoms with E-state index in [1.165, 1.54) is 4.88 Å². The predicted octanol–water partition coefficient (Wildman–Crippen LogP) is 1.79. The highest BCUT2D eigenvalue weighted by molar-refractivity contribution is 7.09. The van der Waals surface area contributed by atoms with Gasteiger partial charge in [-0.3, -0.25) is 0 Å². The summed E-state index contributed by atoms with van der Waals surface area (Å²) in [6, 6.07) is 4.04. The maximum absolute atomic E-state index is 8.27. The minimum absolute atomic E-state index is 0.254. The fourth-order valence-corrected chi connectivity index (χ4v) is 1.61. The summed E-state index contributed by atoms with van der Waals surface area (Å²) in [5, 5.41) is 13.2. The standard InChI is InChI=1S/C9H14N2O2S/c10-9(11-12)4-1-5-13-7-8-3-2-6-14-8/h2-3,6,12H,1,4-5,7H2,(H2,10,11). The molecule has 0 saturated heterocycles. The van der Waals surface area contributed by atoms with E-state index in [0.29, 0.717) is 19.6 Å². The first-order chi connectivity index (χ1) is 6.83. The Hall–Kier alpha value is -1.07. The number of hydrogen-bond acceptors (Lipinski definition) is 4. The molecular formula is C9H14N2O2S. The predicted molar refractivity (Wildman–Crippen MR) is 56.6 cm³/mol. The molecule has 0 amide bonds. The molecule has 1 heterocycles. The van der Waals surface area contributed by atoms with Crippen molar-refractivity contribution in [1.82, 2.24) is 0 Å². The van der Waals surface area contributed by atoms with Gasteiger partial charge in [0.05, 0.1) is 6.61 Å². The Bertz CT molecular complexity index is 272. The van der Waals surface area contributed by atoms with Crippen molar-refractivity contribution in [2.45, 2.75) is 19.4 Å². The van der Waals surface area contributed by atoms with Gasteiger partial charge in [-0.2, -0.15) is 0 Å². The van der Waals surface area contributed by atoms with Crippen molar-refractivity contribution in [2.75, 3.05) is 6.61 Å². The van der Waals surface area contributed by atoms with Crippen LogP contribution in [0.3, 0.4) is 0 Å². The first-order valence-electron chi connectivity index (χ1n) is 4.39. The average molecular weight is 214 g/mol. The Labute approximate surface area is 87.0 Å². The van der Waals surface area contributed by atoms with Crippen molar-refractivity contribution in [3.05, 3.63) is 22.4 Å². The van der Waals surface area contributed by atoms with Crippen LogP contribution in [0.4, 0.5) is 0 Å². The van der Waals surface area contributed by atoms with E-state index in [0.717, 1.165) is 6.42 Å². The summed E-state index contributed by atoms with van der Waals surface area (Å²) in [4.78, 5) is 1.22. The third kappa shape index (κ3) is 4.25. The largest absolute Gasteiger partial charge is 0.409 e. The summed E-state index contributed by atoms with van der Waals surface area (Å²) in [5.74, 6) is 0.254. The number of rotatable bonds is 6. The fourth-order valence-electron chi connectivity index (χ4n) is 0.973. The molecular weight excluding hydrogens is 200 g/mol. The average Bonchev–Trinajstić information content (AvgIpc) is 2.69. The molecule has 0 aliphatic carbocycles. The lowest BCUT2D eigenvalue weighted by Gasteiger charge is -2.01. The van der Waals surface area contributed by atoms with E-state index >= 15 is 0 Å². The minimum Gasteiger partial charge on any atom is -0.409 e. The van der Waals surface area contributed by atoms with Crippen LogP contribution in [0, 0.1) is 0 Å². The molecule has 0 aliphatic heterocycles. The Balaban J connectivity index is 2.00. The van der Waals surface area contributed by atoms with E-state index in [1.54, 1.807) is 11.3 Å². The van der Waals surface area contributed by atoms with Crippen LogP contribution in [0.15, 0.2) is 22.7 Å². The molecule has 0 unspecified atom stereocenters. The second kappa shape index (κ2) is 6.39. The molecule has 14 heavy (non-hydrogen) atoms. The number of nitrogens with zero attached hydrogens (tertiary/aromatic N) is 1. The second-order valence-corrected chi connectivity index (χ2v) is 3.86. The smallest absolute Gasteiger partial charge is 0.139 e. The van der Waals surface area contributed by atoms with Gasteiger partial charge in [0.15, 0.2) is 0 Å². The summed E-state index contributed by atoms with van der Waals surface area (Å²) < 4.78 is 5.39. The summed E-state index contributed by atoms with van der Waals surface area (Å²) in [7, 11) is 0. The number of thiophene rings is 1. The Morgan fingerprint density at radius 3 is 3.14 bits per heavy atom. The van der Waals surface area contributed by atoms with Crippen LogP contribution in [0.1, 0.15) is 17.7 Å². The minimum atomic E-state index is 0.254. The molecule has 0 atom stereocenters. The molecule has 0 bridgehead atoms. The SMILES string of the molecule is NC(CCCOCc1cccs1)=NO. The van der Waals surface area contributed by atoms with E-state index in [2.05, 4.69) is 5.16 Å². The maximum Gasteiger partial charge on any atom is 0.139 e. The van der Waals surface area contributed by atoms with Gasteiger partial charge in [-0.1, -0.05) is 11.2 Å². The van der Waals surface area contributed by atoms with Crippen LogP contribution in [0.5, 0.6) is 0 Å². The molecule has 0 saturated carbocycles. The lowest BCUT2D eigenvalue weighted by Crippen LogP contribution is -2.12. The zero-order valence-electron chi connectivity index (χ0n) is 7.85. The molecule has 3 N–H and O–H groups in total. The highest BCUT2D eigenvalue weighted by Gasteiger charge is 1.95. The third-order valence-corrected chi connectivity index (χ3v) is 2.52. The summed E-state index contributed by atoms with van der Waals surface area (Å²) in [6.45, 7) is 1.28. The van der Waals surface area contributed by atoms with Gasteiger partial charge in [0.2, 0.25) is 0 Å². The zero-order valence-corrected chi connectivity index (χ0v) is 8.67. The molecule has 0 fully saturated rings. The van der Waals surface area contributed by atoms with Gasteiger partial charge in [-0.05, 0) is 17.9 Å². The molecule has 4 nitrogen and oxygen atoms in total. The van der Waals surface area contributed by atoms with Gasteiger partial charge >= 0.3 is 0 Å². The van der Waals surface area contributed by atoms with Gasteiger partial charge in [0.25, 0.3) is 0 Å². The van der Waals surface area contributed by atoms with Crippen molar-refractivity contribution >= 4 is 17.2 Å². The number of ether oxygens (including phenoxy) is 1. The second-order valence-electron chi connectivity index (χ2n) is 2.83. The summed E-state index contributed by atoms with van der Waals surface area (Å²) >= 11 is 1.68. The molecule has 5 heteroatoms. The molecule has 78 valence electrons. The zero-order chi connectivity index (χ0) is 10.2. The molecule has 0 aliphatic rings. The molecule has 1 rings (SSSR count). The Morgan fingerprint density at radius 2 is 2.50 bits per heavy atom. The van der Waals surface area contributed by atoms with Crippen LogP contribution < -0.4 is 5.73 Å². The maximum atomic E-state index is 8.27. The van der Waals surface area contributed by atoms with Gasteiger partial charge in [0.1, 0.15) is 5.84 Å². The van der Waals surface area contributed by atoms with Crippen LogP contribution in [-0.4, -0.2) is 17.6 Å². The molecule has 0 aromatic carbocycles. The van der Waals surface area contributed by atoms with Crippen molar-refractivity contribution in [1.29, 1.82) is 0 Å². The van der Waals surface area contributed by atoms with Gasteiger partial charge in [-0.25, -0.2) is 0 Å². The topological polar surface area (TPSA) is 67.8 Å².